The maximum absolute atomic E-state index is 13.2. The van der Waals surface area contributed by atoms with Gasteiger partial charge in [0.2, 0.25) is 0 Å². The highest BCUT2D eigenvalue weighted by molar-refractivity contribution is 5.82. The third kappa shape index (κ3) is 2.27. The first-order valence-corrected chi connectivity index (χ1v) is 5.10. The molecule has 0 saturated heterocycles. The van der Waals surface area contributed by atoms with Crippen molar-refractivity contribution < 1.29 is 27.9 Å². The molecule has 1 aromatic carbocycles. The number of rotatable bonds is 2. The fraction of sp³-hybridized carbons (Fsp3) is 0.364. The molecule has 0 fully saturated rings. The van der Waals surface area contributed by atoms with Crippen LogP contribution in [0.1, 0.15) is 11.7 Å². The standard InChI is InChI=1S/C11H11F2NO4/c1-14(16-2)10(15)9-7-5-3-4-6-8(7)17-11(12,13)18-9/h3-6,9H,1-2H3. The highest BCUT2D eigenvalue weighted by Gasteiger charge is 2.47. The molecular weight excluding hydrogens is 248 g/mol. The van der Waals surface area contributed by atoms with Gasteiger partial charge in [-0.2, -0.15) is 0 Å². The molecule has 2 rings (SSSR count). The fourth-order valence-electron chi connectivity index (χ4n) is 1.58. The zero-order chi connectivity index (χ0) is 13.3. The Hall–Kier alpha value is -1.73. The summed E-state index contributed by atoms with van der Waals surface area (Å²) >= 11 is 0. The molecule has 1 aliphatic rings. The van der Waals surface area contributed by atoms with Crippen LogP contribution in [0.2, 0.25) is 0 Å². The van der Waals surface area contributed by atoms with Gasteiger partial charge in [0.05, 0.1) is 7.11 Å². The lowest BCUT2D eigenvalue weighted by Crippen LogP contribution is -2.41. The van der Waals surface area contributed by atoms with Crippen LogP contribution in [0.15, 0.2) is 24.3 Å². The van der Waals surface area contributed by atoms with Gasteiger partial charge in [-0.15, -0.1) is 8.78 Å². The van der Waals surface area contributed by atoms with E-state index in [-0.39, 0.29) is 11.3 Å². The molecule has 0 saturated carbocycles. The van der Waals surface area contributed by atoms with E-state index in [9.17, 15) is 13.6 Å². The highest BCUT2D eigenvalue weighted by Crippen LogP contribution is 2.40. The summed E-state index contributed by atoms with van der Waals surface area (Å²) in [6.07, 6.45) is -5.31. The molecule has 7 heteroatoms. The summed E-state index contributed by atoms with van der Waals surface area (Å²) in [6, 6.07) is 5.96. The van der Waals surface area contributed by atoms with Gasteiger partial charge >= 0.3 is 6.29 Å². The minimum absolute atomic E-state index is 0.0865. The van der Waals surface area contributed by atoms with Crippen LogP contribution in [-0.4, -0.2) is 31.4 Å². The number of halogens is 2. The van der Waals surface area contributed by atoms with Crippen molar-refractivity contribution in [3.05, 3.63) is 29.8 Å². The average Bonchev–Trinajstić information content (AvgIpc) is 2.34. The van der Waals surface area contributed by atoms with Crippen LogP contribution in [0.4, 0.5) is 8.78 Å². The number of carbonyl (C=O) groups is 1. The lowest BCUT2D eigenvalue weighted by atomic mass is 10.1. The summed E-state index contributed by atoms with van der Waals surface area (Å²) in [6.45, 7) is 0. The molecule has 0 aliphatic carbocycles. The molecule has 0 spiro atoms. The molecule has 1 atom stereocenters. The lowest BCUT2D eigenvalue weighted by Gasteiger charge is -2.31. The Morgan fingerprint density at radius 2 is 2.11 bits per heavy atom. The molecule has 1 aromatic rings. The molecule has 0 N–H and O–H groups in total. The van der Waals surface area contributed by atoms with Crippen LogP contribution < -0.4 is 4.74 Å². The van der Waals surface area contributed by atoms with Crippen LogP contribution in [-0.2, 0) is 14.4 Å². The number of alkyl halides is 2. The number of benzene rings is 1. The first-order chi connectivity index (χ1) is 8.44. The van der Waals surface area contributed by atoms with Crippen LogP contribution in [0.3, 0.4) is 0 Å². The van der Waals surface area contributed by atoms with Gasteiger partial charge in [-0.05, 0) is 6.07 Å². The van der Waals surface area contributed by atoms with E-state index in [1.54, 1.807) is 6.07 Å². The van der Waals surface area contributed by atoms with Gasteiger partial charge in [0.25, 0.3) is 5.91 Å². The highest BCUT2D eigenvalue weighted by atomic mass is 19.3. The first-order valence-electron chi connectivity index (χ1n) is 5.10. The minimum Gasteiger partial charge on any atom is -0.409 e. The number of carbonyl (C=O) groups excluding carboxylic acids is 1. The van der Waals surface area contributed by atoms with E-state index in [0.29, 0.717) is 0 Å². The van der Waals surface area contributed by atoms with E-state index < -0.39 is 18.3 Å². The van der Waals surface area contributed by atoms with Crippen LogP contribution in [0.25, 0.3) is 0 Å². The van der Waals surface area contributed by atoms with Gasteiger partial charge < -0.3 is 4.74 Å². The number of ether oxygens (including phenoxy) is 2. The number of likely N-dealkylation sites (N-methyl/N-ethyl adjacent to an activating group) is 1. The smallest absolute Gasteiger partial charge is 0.409 e. The molecule has 1 aliphatic heterocycles. The van der Waals surface area contributed by atoms with Gasteiger partial charge in [0.1, 0.15) is 5.75 Å². The summed E-state index contributed by atoms with van der Waals surface area (Å²) in [5, 5.41) is 0.822. The Morgan fingerprint density at radius 3 is 2.78 bits per heavy atom. The van der Waals surface area contributed by atoms with E-state index in [4.69, 9.17) is 0 Å². The van der Waals surface area contributed by atoms with E-state index in [1.165, 1.54) is 32.4 Å². The van der Waals surface area contributed by atoms with Crippen molar-refractivity contribution in [3.63, 3.8) is 0 Å². The van der Waals surface area contributed by atoms with Crippen molar-refractivity contribution in [1.82, 2.24) is 5.06 Å². The van der Waals surface area contributed by atoms with E-state index >= 15 is 0 Å². The summed E-state index contributed by atoms with van der Waals surface area (Å²) < 4.78 is 35.1. The monoisotopic (exact) mass is 259 g/mol. The number of para-hydroxylation sites is 1. The Bertz CT molecular complexity index is 466. The zero-order valence-corrected chi connectivity index (χ0v) is 9.72. The molecule has 5 nitrogen and oxygen atoms in total. The molecule has 1 unspecified atom stereocenters. The van der Waals surface area contributed by atoms with Crippen molar-refractivity contribution in [1.29, 1.82) is 0 Å². The van der Waals surface area contributed by atoms with Crippen molar-refractivity contribution >= 4 is 5.91 Å². The maximum Gasteiger partial charge on any atom is 0.536 e. The van der Waals surface area contributed by atoms with Crippen molar-refractivity contribution in [2.24, 2.45) is 0 Å². The van der Waals surface area contributed by atoms with Gasteiger partial charge in [0, 0.05) is 12.6 Å². The number of hydroxylamine groups is 2. The summed E-state index contributed by atoms with van der Waals surface area (Å²) in [5.41, 5.74) is 0.234. The first kappa shape index (κ1) is 12.7. The molecule has 18 heavy (non-hydrogen) atoms. The fourth-order valence-corrected chi connectivity index (χ4v) is 1.58. The van der Waals surface area contributed by atoms with Crippen LogP contribution >= 0.6 is 0 Å². The van der Waals surface area contributed by atoms with E-state index in [1.807, 2.05) is 0 Å². The van der Waals surface area contributed by atoms with Gasteiger partial charge in [0.15, 0.2) is 6.10 Å². The Labute approximate surface area is 102 Å². The number of hydrogen-bond donors (Lipinski definition) is 0. The van der Waals surface area contributed by atoms with E-state index in [2.05, 4.69) is 14.3 Å². The molecular formula is C11H11F2NO4. The summed E-state index contributed by atoms with van der Waals surface area (Å²) in [7, 11) is 2.56. The third-order valence-corrected chi connectivity index (χ3v) is 2.49. The van der Waals surface area contributed by atoms with Gasteiger partial charge in [-0.3, -0.25) is 14.4 Å². The summed E-state index contributed by atoms with van der Waals surface area (Å²) in [5.74, 6) is -0.829. The molecule has 0 radical (unpaired) electrons. The second kappa shape index (κ2) is 4.51. The number of hydrogen-bond acceptors (Lipinski definition) is 4. The Morgan fingerprint density at radius 1 is 1.44 bits per heavy atom. The number of amides is 1. The maximum atomic E-state index is 13.2. The van der Waals surface area contributed by atoms with Gasteiger partial charge in [-0.25, -0.2) is 5.06 Å². The average molecular weight is 259 g/mol. The minimum atomic E-state index is -3.84. The topological polar surface area (TPSA) is 48.0 Å². The number of nitrogens with zero attached hydrogens (tertiary/aromatic N) is 1. The molecule has 0 aromatic heterocycles. The second-order valence-corrected chi connectivity index (χ2v) is 3.62. The third-order valence-electron chi connectivity index (χ3n) is 2.49. The van der Waals surface area contributed by atoms with Crippen LogP contribution in [0, 0.1) is 0 Å². The van der Waals surface area contributed by atoms with Crippen molar-refractivity contribution in [2.75, 3.05) is 14.2 Å². The molecule has 0 bridgehead atoms. The van der Waals surface area contributed by atoms with Gasteiger partial charge in [-0.1, -0.05) is 18.2 Å². The van der Waals surface area contributed by atoms with Crippen LogP contribution in [0.5, 0.6) is 5.75 Å². The predicted molar refractivity (Wildman–Crippen MR) is 55.6 cm³/mol. The Balaban J connectivity index is 2.39. The largest absolute Gasteiger partial charge is 0.536 e. The SMILES string of the molecule is CON(C)C(=O)C1OC(F)(F)Oc2ccccc21. The molecule has 98 valence electrons. The lowest BCUT2D eigenvalue weighted by molar-refractivity contribution is -0.378. The summed E-state index contributed by atoms with van der Waals surface area (Å²) in [4.78, 5) is 16.5. The van der Waals surface area contributed by atoms with Crippen molar-refractivity contribution in [2.45, 2.75) is 12.4 Å². The predicted octanol–water partition coefficient (Wildman–Crippen LogP) is 1.71. The molecule has 1 amide bonds. The quantitative estimate of drug-likeness (QED) is 0.758. The second-order valence-electron chi connectivity index (χ2n) is 3.62. The normalized spacial score (nSPS) is 20.8. The molecule has 1 heterocycles. The Kier molecular flexibility index (Phi) is 3.18. The van der Waals surface area contributed by atoms with Crippen molar-refractivity contribution in [3.8, 4) is 5.75 Å². The number of fused-ring (bicyclic) bond motifs is 1. The van der Waals surface area contributed by atoms with E-state index in [0.717, 1.165) is 5.06 Å². The zero-order valence-electron chi connectivity index (χ0n) is 9.72.